The predicted octanol–water partition coefficient (Wildman–Crippen LogP) is 2.26. The lowest BCUT2D eigenvalue weighted by atomic mass is 10.2. The van der Waals surface area contributed by atoms with Crippen molar-refractivity contribution < 1.29 is 14.3 Å². The van der Waals surface area contributed by atoms with Crippen molar-refractivity contribution >= 4 is 18.1 Å². The minimum Gasteiger partial charge on any atom is -0.475 e. The van der Waals surface area contributed by atoms with Crippen LogP contribution in [0.3, 0.4) is 0 Å². The maximum Gasteiger partial charge on any atom is 0.371 e. The quantitative estimate of drug-likeness (QED) is 0.745. The summed E-state index contributed by atoms with van der Waals surface area (Å²) in [5.74, 6) is -0.756. The molecule has 1 heterocycles. The Morgan fingerprint density at radius 3 is 2.50 bits per heavy atom. The fourth-order valence-electron chi connectivity index (χ4n) is 0.844. The maximum atomic E-state index is 10.4. The van der Waals surface area contributed by atoms with E-state index in [1.165, 1.54) is 18.2 Å². The lowest BCUT2D eigenvalue weighted by Crippen LogP contribution is -1.91. The van der Waals surface area contributed by atoms with Crippen LogP contribution in [-0.4, -0.2) is 11.1 Å². The molecule has 12 heavy (non-hydrogen) atoms. The molecule has 0 atom stereocenters. The Morgan fingerprint density at radius 1 is 1.50 bits per heavy atom. The monoisotopic (exact) mass is 164 g/mol. The maximum absolute atomic E-state index is 10.4. The molecule has 0 bridgehead atoms. The number of carboxylic acid groups (broad SMARTS) is 1. The van der Waals surface area contributed by atoms with Gasteiger partial charge in [-0.15, -0.1) is 0 Å². The number of carbonyl (C=O) groups is 1. The van der Waals surface area contributed by atoms with Crippen molar-refractivity contribution in [3.8, 4) is 0 Å². The summed E-state index contributed by atoms with van der Waals surface area (Å²) in [5, 5.41) is 8.55. The van der Waals surface area contributed by atoms with Gasteiger partial charge in [0.15, 0.2) is 0 Å². The molecule has 3 heteroatoms. The van der Waals surface area contributed by atoms with Crippen LogP contribution in [0.2, 0.25) is 0 Å². The van der Waals surface area contributed by atoms with Crippen LogP contribution >= 0.6 is 0 Å². The van der Waals surface area contributed by atoms with E-state index in [-0.39, 0.29) is 5.76 Å². The highest BCUT2D eigenvalue weighted by Gasteiger charge is 2.11. The zero-order valence-electron chi connectivity index (χ0n) is 6.41. The summed E-state index contributed by atoms with van der Waals surface area (Å²) < 4.78 is 4.93. The number of rotatable bonds is 3. The van der Waals surface area contributed by atoms with Crippen LogP contribution < -0.4 is 0 Å². The molecule has 0 unspecified atom stereocenters. The van der Waals surface area contributed by atoms with E-state index in [4.69, 9.17) is 9.52 Å². The van der Waals surface area contributed by atoms with E-state index in [0.29, 0.717) is 11.3 Å². The number of hydrogen-bond acceptors (Lipinski definition) is 2. The van der Waals surface area contributed by atoms with E-state index in [0.717, 1.165) is 0 Å². The van der Waals surface area contributed by atoms with Crippen molar-refractivity contribution in [3.63, 3.8) is 0 Å². The molecule has 1 aromatic rings. The van der Waals surface area contributed by atoms with Crippen LogP contribution in [0.25, 0.3) is 12.2 Å². The van der Waals surface area contributed by atoms with Gasteiger partial charge in [-0.3, -0.25) is 0 Å². The Morgan fingerprint density at radius 2 is 2.17 bits per heavy atom. The van der Waals surface area contributed by atoms with E-state index in [2.05, 4.69) is 13.2 Å². The second kappa shape index (κ2) is 3.09. The summed E-state index contributed by atoms with van der Waals surface area (Å²) in [4.78, 5) is 10.4. The van der Waals surface area contributed by atoms with Crippen molar-refractivity contribution in [2.75, 3.05) is 0 Å². The first kappa shape index (κ1) is 8.33. The Labute approximate surface area is 69.6 Å². The van der Waals surface area contributed by atoms with E-state index in [1.54, 1.807) is 0 Å². The summed E-state index contributed by atoms with van der Waals surface area (Å²) >= 11 is 0. The largest absolute Gasteiger partial charge is 0.475 e. The minimum atomic E-state index is -1.09. The summed E-state index contributed by atoms with van der Waals surface area (Å²) in [5.41, 5.74) is 0.641. The molecule has 1 N–H and O–H groups in total. The molecule has 3 nitrogen and oxygen atoms in total. The Balaban J connectivity index is 3.22. The second-order valence-corrected chi connectivity index (χ2v) is 2.14. The molecule has 0 aliphatic carbocycles. The number of furan rings is 1. The standard InChI is InChI=1S/C9H8O3/c1-3-6-5-8(9(10)11)12-7(6)4-2/h3-5H,1-2H2,(H,10,11). The SMILES string of the molecule is C=Cc1cc(C(=O)O)oc1C=C. The molecule has 0 aliphatic heterocycles. The lowest BCUT2D eigenvalue weighted by molar-refractivity contribution is 0.0662. The summed E-state index contributed by atoms with van der Waals surface area (Å²) in [7, 11) is 0. The highest BCUT2D eigenvalue weighted by atomic mass is 16.4. The number of hydrogen-bond donors (Lipinski definition) is 1. The Hall–Kier alpha value is -1.77. The number of carboxylic acids is 1. The van der Waals surface area contributed by atoms with E-state index >= 15 is 0 Å². The smallest absolute Gasteiger partial charge is 0.371 e. The van der Waals surface area contributed by atoms with Crippen molar-refractivity contribution in [2.24, 2.45) is 0 Å². The fraction of sp³-hybridized carbons (Fsp3) is 0. The molecule has 0 saturated heterocycles. The van der Waals surface area contributed by atoms with Gasteiger partial charge in [0.2, 0.25) is 5.76 Å². The van der Waals surface area contributed by atoms with E-state index < -0.39 is 5.97 Å². The topological polar surface area (TPSA) is 50.4 Å². The van der Waals surface area contributed by atoms with E-state index in [9.17, 15) is 4.79 Å². The van der Waals surface area contributed by atoms with Crippen molar-refractivity contribution in [1.29, 1.82) is 0 Å². The zero-order chi connectivity index (χ0) is 9.14. The highest BCUT2D eigenvalue weighted by Crippen LogP contribution is 2.17. The molecule has 0 aromatic carbocycles. The van der Waals surface area contributed by atoms with Gasteiger partial charge in [0.1, 0.15) is 5.76 Å². The van der Waals surface area contributed by atoms with Gasteiger partial charge in [0, 0.05) is 5.56 Å². The molecule has 0 amide bonds. The van der Waals surface area contributed by atoms with Crippen molar-refractivity contribution in [1.82, 2.24) is 0 Å². The third-order valence-corrected chi connectivity index (χ3v) is 1.41. The van der Waals surface area contributed by atoms with Gasteiger partial charge in [-0.1, -0.05) is 19.2 Å². The first-order valence-corrected chi connectivity index (χ1v) is 3.31. The van der Waals surface area contributed by atoms with Crippen molar-refractivity contribution in [2.45, 2.75) is 0 Å². The van der Waals surface area contributed by atoms with Gasteiger partial charge < -0.3 is 9.52 Å². The van der Waals surface area contributed by atoms with Crippen LogP contribution in [0.4, 0.5) is 0 Å². The zero-order valence-corrected chi connectivity index (χ0v) is 6.41. The molecule has 0 spiro atoms. The van der Waals surface area contributed by atoms with Crippen LogP contribution in [0.1, 0.15) is 21.9 Å². The Kier molecular flexibility index (Phi) is 2.14. The fourth-order valence-corrected chi connectivity index (χ4v) is 0.844. The van der Waals surface area contributed by atoms with Gasteiger partial charge >= 0.3 is 5.97 Å². The first-order chi connectivity index (χ1) is 5.69. The van der Waals surface area contributed by atoms with Crippen LogP contribution in [0.15, 0.2) is 23.6 Å². The third-order valence-electron chi connectivity index (χ3n) is 1.41. The molecule has 1 aromatic heterocycles. The summed E-state index contributed by atoms with van der Waals surface area (Å²) in [6.07, 6.45) is 2.97. The van der Waals surface area contributed by atoms with Crippen LogP contribution in [-0.2, 0) is 0 Å². The van der Waals surface area contributed by atoms with Gasteiger partial charge in [-0.05, 0) is 12.1 Å². The van der Waals surface area contributed by atoms with Gasteiger partial charge in [0.25, 0.3) is 0 Å². The first-order valence-electron chi connectivity index (χ1n) is 3.31. The summed E-state index contributed by atoms with van der Waals surface area (Å²) in [6.45, 7) is 6.99. The normalized spacial score (nSPS) is 9.33. The second-order valence-electron chi connectivity index (χ2n) is 2.14. The molecule has 0 aliphatic rings. The van der Waals surface area contributed by atoms with Crippen LogP contribution in [0, 0.1) is 0 Å². The third kappa shape index (κ3) is 1.29. The molecule has 1 rings (SSSR count). The Bertz CT molecular complexity index is 308. The summed E-state index contributed by atoms with van der Waals surface area (Å²) in [6, 6.07) is 1.41. The molecular weight excluding hydrogens is 156 g/mol. The predicted molar refractivity (Wildman–Crippen MR) is 45.8 cm³/mol. The van der Waals surface area contributed by atoms with Gasteiger partial charge in [-0.2, -0.15) is 0 Å². The molecular formula is C9H8O3. The van der Waals surface area contributed by atoms with Gasteiger partial charge in [-0.25, -0.2) is 4.79 Å². The van der Waals surface area contributed by atoms with Crippen molar-refractivity contribution in [3.05, 3.63) is 36.3 Å². The van der Waals surface area contributed by atoms with E-state index in [1.807, 2.05) is 0 Å². The number of aromatic carboxylic acids is 1. The molecule has 62 valence electrons. The molecule has 0 radical (unpaired) electrons. The average Bonchev–Trinajstić information content (AvgIpc) is 2.46. The van der Waals surface area contributed by atoms with Crippen LogP contribution in [0.5, 0.6) is 0 Å². The van der Waals surface area contributed by atoms with Gasteiger partial charge in [0.05, 0.1) is 0 Å². The molecule has 0 fully saturated rings. The highest BCUT2D eigenvalue weighted by molar-refractivity contribution is 5.86. The minimum absolute atomic E-state index is 0.0974. The average molecular weight is 164 g/mol. The lowest BCUT2D eigenvalue weighted by Gasteiger charge is -1.85. The molecule has 0 saturated carbocycles.